The Kier molecular flexibility index (Phi) is 6.71. The number of fused-ring (bicyclic) bond motifs is 1. The second-order valence-corrected chi connectivity index (χ2v) is 6.97. The third kappa shape index (κ3) is 5.23. The average Bonchev–Trinajstić information content (AvgIpc) is 2.72. The van der Waals surface area contributed by atoms with Crippen molar-refractivity contribution in [3.05, 3.63) is 65.2 Å². The van der Waals surface area contributed by atoms with Gasteiger partial charge in [-0.15, -0.1) is 0 Å². The summed E-state index contributed by atoms with van der Waals surface area (Å²) in [4.78, 5) is 14.7. The zero-order chi connectivity index (χ0) is 19.1. The fraction of sp³-hybridized carbons (Fsp3) is 0.409. The highest BCUT2D eigenvalue weighted by Gasteiger charge is 2.22. The summed E-state index contributed by atoms with van der Waals surface area (Å²) >= 11 is 0. The van der Waals surface area contributed by atoms with Crippen molar-refractivity contribution in [3.63, 3.8) is 0 Å². The highest BCUT2D eigenvalue weighted by molar-refractivity contribution is 5.73. The Bertz CT molecular complexity index is 763. The number of ether oxygens (including phenoxy) is 1. The van der Waals surface area contributed by atoms with Gasteiger partial charge < -0.3 is 15.4 Å². The van der Waals surface area contributed by atoms with Crippen molar-refractivity contribution in [2.75, 3.05) is 20.2 Å². The molecule has 0 radical (unpaired) electrons. The first-order chi connectivity index (χ1) is 13.2. The van der Waals surface area contributed by atoms with E-state index in [2.05, 4.69) is 46.7 Å². The minimum atomic E-state index is -0.131. The molecule has 0 aliphatic carbocycles. The number of amides is 2. The van der Waals surface area contributed by atoms with Gasteiger partial charge in [-0.05, 0) is 41.7 Å². The number of hydrogen-bond acceptors (Lipinski definition) is 3. The number of urea groups is 1. The average molecular weight is 367 g/mol. The van der Waals surface area contributed by atoms with Gasteiger partial charge in [-0.25, -0.2) is 4.79 Å². The van der Waals surface area contributed by atoms with Crippen molar-refractivity contribution < 1.29 is 9.53 Å². The number of carbonyl (C=O) groups excluding carboxylic acids is 1. The maximum absolute atomic E-state index is 12.2. The van der Waals surface area contributed by atoms with Crippen LogP contribution in [0.15, 0.2) is 48.5 Å². The van der Waals surface area contributed by atoms with Gasteiger partial charge in [-0.2, -0.15) is 0 Å². The largest absolute Gasteiger partial charge is 0.497 e. The summed E-state index contributed by atoms with van der Waals surface area (Å²) in [5.41, 5.74) is 3.88. The number of hydrogen-bond donors (Lipinski definition) is 2. The molecule has 5 heteroatoms. The molecule has 5 nitrogen and oxygen atoms in total. The predicted octanol–water partition coefficient (Wildman–Crippen LogP) is 3.33. The quantitative estimate of drug-likeness (QED) is 0.789. The summed E-state index contributed by atoms with van der Waals surface area (Å²) in [5, 5.41) is 5.95. The van der Waals surface area contributed by atoms with E-state index < -0.39 is 0 Å². The van der Waals surface area contributed by atoms with Crippen molar-refractivity contribution >= 4 is 6.03 Å². The molecule has 144 valence electrons. The lowest BCUT2D eigenvalue weighted by atomic mass is 9.98. The Labute approximate surface area is 161 Å². The van der Waals surface area contributed by atoms with Crippen LogP contribution in [0.2, 0.25) is 0 Å². The highest BCUT2D eigenvalue weighted by Crippen LogP contribution is 2.21. The molecule has 0 bridgehead atoms. The Morgan fingerprint density at radius 1 is 1.15 bits per heavy atom. The Balaban J connectivity index is 1.47. The normalized spacial score (nSPS) is 14.9. The molecular formula is C22H29N3O2. The number of nitrogens with one attached hydrogen (secondary N) is 2. The summed E-state index contributed by atoms with van der Waals surface area (Å²) < 4.78 is 5.21. The molecule has 2 aromatic carbocycles. The number of benzene rings is 2. The molecule has 1 aliphatic rings. The third-order valence-corrected chi connectivity index (χ3v) is 5.23. The van der Waals surface area contributed by atoms with Crippen LogP contribution in [-0.4, -0.2) is 37.2 Å². The number of rotatable bonds is 7. The highest BCUT2D eigenvalue weighted by atomic mass is 16.5. The molecular weight excluding hydrogens is 338 g/mol. The smallest absolute Gasteiger partial charge is 0.315 e. The van der Waals surface area contributed by atoms with Crippen LogP contribution < -0.4 is 15.4 Å². The van der Waals surface area contributed by atoms with Crippen LogP contribution in [0.4, 0.5) is 4.79 Å². The lowest BCUT2D eigenvalue weighted by molar-refractivity contribution is 0.169. The lowest BCUT2D eigenvalue weighted by Gasteiger charge is -2.35. The number of methoxy groups -OCH3 is 1. The molecule has 0 fully saturated rings. The second-order valence-electron chi connectivity index (χ2n) is 6.97. The number of nitrogens with zero attached hydrogens (tertiary/aromatic N) is 1. The van der Waals surface area contributed by atoms with Crippen molar-refractivity contribution in [1.82, 2.24) is 15.5 Å². The molecule has 0 spiro atoms. The first-order valence-corrected chi connectivity index (χ1v) is 9.65. The van der Waals surface area contributed by atoms with E-state index in [1.807, 2.05) is 24.3 Å². The van der Waals surface area contributed by atoms with Crippen molar-refractivity contribution in [2.24, 2.45) is 0 Å². The summed E-state index contributed by atoms with van der Waals surface area (Å²) in [6.45, 7) is 5.32. The molecule has 1 atom stereocenters. The molecule has 1 aliphatic heterocycles. The van der Waals surface area contributed by atoms with E-state index in [9.17, 15) is 4.79 Å². The molecule has 2 N–H and O–H groups in total. The molecule has 0 unspecified atom stereocenters. The van der Waals surface area contributed by atoms with Crippen LogP contribution in [0, 0.1) is 0 Å². The topological polar surface area (TPSA) is 53.6 Å². The van der Waals surface area contributed by atoms with Gasteiger partial charge in [0.2, 0.25) is 0 Å². The van der Waals surface area contributed by atoms with Gasteiger partial charge in [0.25, 0.3) is 0 Å². The van der Waals surface area contributed by atoms with Gasteiger partial charge in [-0.3, -0.25) is 4.90 Å². The summed E-state index contributed by atoms with van der Waals surface area (Å²) in [5.74, 6) is 0.797. The van der Waals surface area contributed by atoms with Gasteiger partial charge in [0, 0.05) is 32.2 Å². The van der Waals surface area contributed by atoms with E-state index >= 15 is 0 Å². The van der Waals surface area contributed by atoms with E-state index in [1.54, 1.807) is 7.11 Å². The minimum absolute atomic E-state index is 0.131. The molecule has 3 rings (SSSR count). The minimum Gasteiger partial charge on any atom is -0.497 e. The van der Waals surface area contributed by atoms with Gasteiger partial charge >= 0.3 is 6.03 Å². The van der Waals surface area contributed by atoms with Crippen molar-refractivity contribution in [3.8, 4) is 5.75 Å². The zero-order valence-corrected chi connectivity index (χ0v) is 16.2. The van der Waals surface area contributed by atoms with Crippen LogP contribution in [0.5, 0.6) is 5.75 Å². The van der Waals surface area contributed by atoms with Crippen molar-refractivity contribution in [2.45, 2.75) is 38.9 Å². The molecule has 0 aromatic heterocycles. The Morgan fingerprint density at radius 2 is 1.96 bits per heavy atom. The first kappa shape index (κ1) is 19.2. The fourth-order valence-electron chi connectivity index (χ4n) is 3.60. The first-order valence-electron chi connectivity index (χ1n) is 9.65. The third-order valence-electron chi connectivity index (χ3n) is 5.23. The van der Waals surface area contributed by atoms with Gasteiger partial charge in [0.15, 0.2) is 0 Å². The maximum atomic E-state index is 12.2. The second kappa shape index (κ2) is 9.42. The zero-order valence-electron chi connectivity index (χ0n) is 16.2. The fourth-order valence-corrected chi connectivity index (χ4v) is 3.60. The summed E-state index contributed by atoms with van der Waals surface area (Å²) in [6, 6.07) is 16.6. The summed E-state index contributed by atoms with van der Waals surface area (Å²) in [7, 11) is 1.64. The van der Waals surface area contributed by atoms with Gasteiger partial charge in [0.05, 0.1) is 7.11 Å². The number of carbonyl (C=O) groups is 1. The molecule has 2 amide bonds. The SMILES string of the molecule is CC[C@H](CNC(=O)NCc1cccc(OC)c1)N1CCc2ccccc2C1. The van der Waals surface area contributed by atoms with Crippen molar-refractivity contribution in [1.29, 1.82) is 0 Å². The predicted molar refractivity (Wildman–Crippen MR) is 108 cm³/mol. The van der Waals surface area contributed by atoms with Crippen LogP contribution in [-0.2, 0) is 19.5 Å². The van der Waals surface area contributed by atoms with E-state index in [0.717, 1.165) is 37.2 Å². The van der Waals surface area contributed by atoms with Crippen LogP contribution >= 0.6 is 0 Å². The lowest BCUT2D eigenvalue weighted by Crippen LogP contribution is -2.47. The van der Waals surface area contributed by atoms with Crippen LogP contribution in [0.3, 0.4) is 0 Å². The van der Waals surface area contributed by atoms with Crippen LogP contribution in [0.1, 0.15) is 30.0 Å². The van der Waals surface area contributed by atoms with E-state index in [-0.39, 0.29) is 6.03 Å². The molecule has 2 aromatic rings. The maximum Gasteiger partial charge on any atom is 0.315 e. The standard InChI is InChI=1S/C22H29N3O2/c1-3-20(25-12-11-18-8-4-5-9-19(18)16-25)15-24-22(26)23-14-17-7-6-10-21(13-17)27-2/h4-10,13,20H,3,11-12,14-16H2,1-2H3,(H2,23,24,26)/t20-/m1/s1. The van der Waals surface area contributed by atoms with Crippen LogP contribution in [0.25, 0.3) is 0 Å². The summed E-state index contributed by atoms with van der Waals surface area (Å²) in [6.07, 6.45) is 2.09. The molecule has 27 heavy (non-hydrogen) atoms. The Morgan fingerprint density at radius 3 is 2.74 bits per heavy atom. The van der Waals surface area contributed by atoms with E-state index in [1.165, 1.54) is 11.1 Å². The van der Waals surface area contributed by atoms with Gasteiger partial charge in [-0.1, -0.05) is 43.3 Å². The monoisotopic (exact) mass is 367 g/mol. The molecule has 0 saturated carbocycles. The van der Waals surface area contributed by atoms with Gasteiger partial charge in [0.1, 0.15) is 5.75 Å². The molecule has 0 saturated heterocycles. The van der Waals surface area contributed by atoms with E-state index in [0.29, 0.717) is 19.1 Å². The van der Waals surface area contributed by atoms with E-state index in [4.69, 9.17) is 4.74 Å². The Hall–Kier alpha value is -2.53. The molecule has 1 heterocycles.